The van der Waals surface area contributed by atoms with Crippen LogP contribution in [0, 0.1) is 12.8 Å². The number of hydrogen-bond donors (Lipinski definition) is 0. The third-order valence-electron chi connectivity index (χ3n) is 5.88. The van der Waals surface area contributed by atoms with Crippen LogP contribution in [0.1, 0.15) is 29.0 Å². The Morgan fingerprint density at radius 3 is 2.31 bits per heavy atom. The molecule has 1 aliphatic heterocycles. The van der Waals surface area contributed by atoms with Gasteiger partial charge in [0.15, 0.2) is 0 Å². The van der Waals surface area contributed by atoms with Crippen LogP contribution in [0.15, 0.2) is 42.5 Å². The average molecular weight is 423 g/mol. The second kappa shape index (κ2) is 7.56. The summed E-state index contributed by atoms with van der Waals surface area (Å²) in [4.78, 5) is 17.0. The van der Waals surface area contributed by atoms with Crippen molar-refractivity contribution in [2.24, 2.45) is 5.92 Å². The molecular formula is C22H22ClF3N2O. The van der Waals surface area contributed by atoms with Crippen molar-refractivity contribution < 1.29 is 18.0 Å². The summed E-state index contributed by atoms with van der Waals surface area (Å²) in [6, 6.07) is 11.0. The van der Waals surface area contributed by atoms with Crippen LogP contribution in [0.4, 0.5) is 18.9 Å². The molecule has 154 valence electrons. The molecule has 0 bridgehead atoms. The van der Waals surface area contributed by atoms with Crippen LogP contribution in [0.25, 0.3) is 0 Å². The summed E-state index contributed by atoms with van der Waals surface area (Å²) in [5.41, 5.74) is 2.40. The van der Waals surface area contributed by atoms with E-state index < -0.39 is 11.7 Å². The first-order valence-corrected chi connectivity index (χ1v) is 10.1. The van der Waals surface area contributed by atoms with Gasteiger partial charge in [0, 0.05) is 42.8 Å². The van der Waals surface area contributed by atoms with E-state index in [1.54, 1.807) is 0 Å². The van der Waals surface area contributed by atoms with E-state index in [9.17, 15) is 18.0 Å². The van der Waals surface area contributed by atoms with Crippen LogP contribution in [0.2, 0.25) is 5.02 Å². The van der Waals surface area contributed by atoms with Gasteiger partial charge in [-0.2, -0.15) is 13.2 Å². The van der Waals surface area contributed by atoms with E-state index in [2.05, 4.69) is 4.90 Å². The predicted octanol–water partition coefficient (Wildman–Crippen LogP) is 5.12. The fraction of sp³-hybridized carbons (Fsp3) is 0.409. The number of piperazine rings is 1. The Bertz CT molecular complexity index is 905. The van der Waals surface area contributed by atoms with Crippen LogP contribution in [-0.4, -0.2) is 37.0 Å². The molecule has 0 N–H and O–H groups in total. The molecule has 0 radical (unpaired) electrons. The molecule has 1 unspecified atom stereocenters. The predicted molar refractivity (Wildman–Crippen MR) is 107 cm³/mol. The molecular weight excluding hydrogens is 401 g/mol. The van der Waals surface area contributed by atoms with Crippen molar-refractivity contribution in [3.05, 3.63) is 64.2 Å². The molecule has 1 aliphatic carbocycles. The summed E-state index contributed by atoms with van der Waals surface area (Å²) in [6.07, 6.45) is -3.63. The van der Waals surface area contributed by atoms with Gasteiger partial charge in [-0.1, -0.05) is 29.8 Å². The summed E-state index contributed by atoms with van der Waals surface area (Å²) in [5, 5.41) is 0.696. The molecule has 1 saturated heterocycles. The maximum absolute atomic E-state index is 12.8. The summed E-state index contributed by atoms with van der Waals surface area (Å²) in [6.45, 7) is 4.80. The highest BCUT2D eigenvalue weighted by Gasteiger charge is 2.46. The number of rotatable bonds is 3. The maximum Gasteiger partial charge on any atom is 0.416 e. The monoisotopic (exact) mass is 422 g/mol. The van der Waals surface area contributed by atoms with E-state index in [-0.39, 0.29) is 17.7 Å². The smallest absolute Gasteiger partial charge is 0.368 e. The first-order chi connectivity index (χ1) is 13.7. The standard InChI is InChI=1S/C22H22ClF3N2O/c1-14-2-7-17(23)12-20(14)27-8-10-28(11-9-27)21(29)19-13-18(19)15-3-5-16(6-4-15)22(24,25)26/h2-7,12,18-19H,8-11,13H2,1H3/t18?,19-/m1/s1. The number of hydrogen-bond acceptors (Lipinski definition) is 2. The summed E-state index contributed by atoms with van der Waals surface area (Å²) in [5.74, 6) is 0.0153. The third-order valence-corrected chi connectivity index (χ3v) is 6.11. The van der Waals surface area contributed by atoms with Gasteiger partial charge in [-0.25, -0.2) is 0 Å². The van der Waals surface area contributed by atoms with Gasteiger partial charge < -0.3 is 9.80 Å². The van der Waals surface area contributed by atoms with E-state index in [0.717, 1.165) is 42.0 Å². The zero-order chi connectivity index (χ0) is 20.8. The fourth-order valence-corrected chi connectivity index (χ4v) is 4.25. The van der Waals surface area contributed by atoms with E-state index >= 15 is 0 Å². The summed E-state index contributed by atoms with van der Waals surface area (Å²) in [7, 11) is 0. The molecule has 2 aromatic carbocycles. The maximum atomic E-state index is 12.8. The van der Waals surface area contributed by atoms with Crippen molar-refractivity contribution >= 4 is 23.2 Å². The quantitative estimate of drug-likeness (QED) is 0.685. The summed E-state index contributed by atoms with van der Waals surface area (Å²) >= 11 is 6.12. The van der Waals surface area contributed by atoms with Gasteiger partial charge in [0.25, 0.3) is 0 Å². The topological polar surface area (TPSA) is 23.6 Å². The highest BCUT2D eigenvalue weighted by molar-refractivity contribution is 6.30. The molecule has 0 aromatic heterocycles. The van der Waals surface area contributed by atoms with Crippen molar-refractivity contribution in [3.8, 4) is 0 Å². The fourth-order valence-electron chi connectivity index (χ4n) is 4.08. The average Bonchev–Trinajstić information content (AvgIpc) is 3.50. The van der Waals surface area contributed by atoms with Crippen molar-refractivity contribution in [1.82, 2.24) is 4.90 Å². The Hall–Kier alpha value is -2.21. The third kappa shape index (κ3) is 4.22. The van der Waals surface area contributed by atoms with Gasteiger partial charge in [-0.15, -0.1) is 0 Å². The largest absolute Gasteiger partial charge is 0.416 e. The lowest BCUT2D eigenvalue weighted by Gasteiger charge is -2.37. The number of benzene rings is 2. The number of carbonyl (C=O) groups is 1. The number of amides is 1. The zero-order valence-corrected chi connectivity index (χ0v) is 16.8. The van der Waals surface area contributed by atoms with Crippen LogP contribution in [0.3, 0.4) is 0 Å². The SMILES string of the molecule is Cc1ccc(Cl)cc1N1CCN(C(=O)[C@@H]2CC2c2ccc(C(F)(F)F)cc2)CC1. The lowest BCUT2D eigenvalue weighted by molar-refractivity contribution is -0.137. The minimum absolute atomic E-state index is 0.0259. The molecule has 1 saturated carbocycles. The van der Waals surface area contributed by atoms with Crippen LogP contribution in [-0.2, 0) is 11.0 Å². The Labute approximate surface area is 173 Å². The van der Waals surface area contributed by atoms with Crippen LogP contribution < -0.4 is 4.90 Å². The molecule has 1 amide bonds. The Morgan fingerprint density at radius 2 is 1.69 bits per heavy atom. The Morgan fingerprint density at radius 1 is 1.03 bits per heavy atom. The summed E-state index contributed by atoms with van der Waals surface area (Å²) < 4.78 is 38.1. The number of aryl methyl sites for hydroxylation is 1. The van der Waals surface area contributed by atoms with Gasteiger partial charge in [0.1, 0.15) is 0 Å². The van der Waals surface area contributed by atoms with Gasteiger partial charge in [0.2, 0.25) is 5.91 Å². The molecule has 2 atom stereocenters. The van der Waals surface area contributed by atoms with E-state index in [1.165, 1.54) is 12.1 Å². The number of anilines is 1. The highest BCUT2D eigenvalue weighted by Crippen LogP contribution is 2.49. The minimum atomic E-state index is -4.34. The second-order valence-electron chi connectivity index (χ2n) is 7.81. The lowest BCUT2D eigenvalue weighted by Crippen LogP contribution is -2.49. The molecule has 2 aromatic rings. The zero-order valence-electron chi connectivity index (χ0n) is 16.0. The molecule has 7 heteroatoms. The van der Waals surface area contributed by atoms with Crippen molar-refractivity contribution in [1.29, 1.82) is 0 Å². The van der Waals surface area contributed by atoms with Crippen molar-refractivity contribution in [2.75, 3.05) is 31.1 Å². The number of alkyl halides is 3. The molecule has 2 fully saturated rings. The van der Waals surface area contributed by atoms with Gasteiger partial charge >= 0.3 is 6.18 Å². The van der Waals surface area contributed by atoms with Crippen molar-refractivity contribution in [3.63, 3.8) is 0 Å². The van der Waals surface area contributed by atoms with Crippen molar-refractivity contribution in [2.45, 2.75) is 25.4 Å². The number of halogens is 4. The molecule has 29 heavy (non-hydrogen) atoms. The molecule has 2 aliphatic rings. The first kappa shape index (κ1) is 20.1. The molecule has 4 rings (SSSR count). The van der Waals surface area contributed by atoms with Gasteiger partial charge in [0.05, 0.1) is 5.56 Å². The molecule has 1 heterocycles. The molecule has 3 nitrogen and oxygen atoms in total. The Balaban J connectivity index is 1.34. The van der Waals surface area contributed by atoms with Gasteiger partial charge in [-0.05, 0) is 54.7 Å². The highest BCUT2D eigenvalue weighted by atomic mass is 35.5. The van der Waals surface area contributed by atoms with Crippen LogP contribution >= 0.6 is 11.6 Å². The van der Waals surface area contributed by atoms with E-state index in [1.807, 2.05) is 30.0 Å². The minimum Gasteiger partial charge on any atom is -0.368 e. The lowest BCUT2D eigenvalue weighted by atomic mass is 10.1. The first-order valence-electron chi connectivity index (χ1n) is 9.71. The van der Waals surface area contributed by atoms with E-state index in [0.29, 0.717) is 24.5 Å². The number of nitrogens with zero attached hydrogens (tertiary/aromatic N) is 2. The second-order valence-corrected chi connectivity index (χ2v) is 8.25. The normalized spacial score (nSPS) is 22.0. The Kier molecular flexibility index (Phi) is 5.23. The number of carbonyl (C=O) groups excluding carboxylic acids is 1. The van der Waals surface area contributed by atoms with Gasteiger partial charge in [-0.3, -0.25) is 4.79 Å². The van der Waals surface area contributed by atoms with E-state index in [4.69, 9.17) is 11.6 Å². The van der Waals surface area contributed by atoms with Crippen LogP contribution in [0.5, 0.6) is 0 Å². The molecule has 0 spiro atoms.